The van der Waals surface area contributed by atoms with Crippen molar-refractivity contribution < 1.29 is 22.7 Å². The number of Topliss-reactive ketones (excluding diaryl/α,β-unsaturated/α-hetero) is 1. The van der Waals surface area contributed by atoms with Gasteiger partial charge in [0.2, 0.25) is 5.78 Å². The molecule has 2 aromatic carbocycles. The molecule has 0 saturated carbocycles. The highest BCUT2D eigenvalue weighted by atomic mass is 32.2. The molecular formula is C22H21NO5S. The predicted octanol–water partition coefficient (Wildman–Crippen LogP) is 3.54. The lowest BCUT2D eigenvalue weighted by Gasteiger charge is -2.10. The zero-order chi connectivity index (χ0) is 21.2. The SMILES string of the molecule is Cc1cc(C(=O)COC(=O)c2ccccc2S(C)(=O)=O)c(C)n1-c1ccccc1. The van der Waals surface area contributed by atoms with Crippen molar-refractivity contribution in [1.29, 1.82) is 0 Å². The van der Waals surface area contributed by atoms with Crippen molar-refractivity contribution in [2.24, 2.45) is 0 Å². The average molecular weight is 411 g/mol. The van der Waals surface area contributed by atoms with Gasteiger partial charge in [0, 0.05) is 28.9 Å². The summed E-state index contributed by atoms with van der Waals surface area (Å²) < 4.78 is 30.8. The molecule has 1 aromatic heterocycles. The molecule has 150 valence electrons. The normalized spacial score (nSPS) is 11.3. The molecule has 6 nitrogen and oxygen atoms in total. The molecule has 0 aliphatic heterocycles. The number of ketones is 1. The fourth-order valence-electron chi connectivity index (χ4n) is 3.26. The Balaban J connectivity index is 1.80. The van der Waals surface area contributed by atoms with Gasteiger partial charge in [-0.3, -0.25) is 4.79 Å². The molecule has 29 heavy (non-hydrogen) atoms. The Morgan fingerprint density at radius 2 is 1.55 bits per heavy atom. The lowest BCUT2D eigenvalue weighted by Crippen LogP contribution is -2.17. The van der Waals surface area contributed by atoms with Crippen LogP contribution in [0.5, 0.6) is 0 Å². The van der Waals surface area contributed by atoms with Crippen molar-refractivity contribution in [2.75, 3.05) is 12.9 Å². The molecule has 3 rings (SSSR count). The molecule has 0 fully saturated rings. The zero-order valence-corrected chi connectivity index (χ0v) is 17.2. The van der Waals surface area contributed by atoms with Gasteiger partial charge in [-0.1, -0.05) is 30.3 Å². The third-order valence-corrected chi connectivity index (χ3v) is 5.74. The van der Waals surface area contributed by atoms with Crippen molar-refractivity contribution in [3.05, 3.63) is 83.2 Å². The number of carbonyl (C=O) groups excluding carboxylic acids is 2. The largest absolute Gasteiger partial charge is 0.454 e. The number of aromatic nitrogens is 1. The van der Waals surface area contributed by atoms with E-state index in [0.29, 0.717) is 5.56 Å². The number of ether oxygens (including phenoxy) is 1. The smallest absolute Gasteiger partial charge is 0.339 e. The third kappa shape index (κ3) is 4.30. The number of esters is 1. The van der Waals surface area contributed by atoms with Crippen LogP contribution in [0.25, 0.3) is 5.69 Å². The summed E-state index contributed by atoms with van der Waals surface area (Å²) >= 11 is 0. The van der Waals surface area contributed by atoms with Crippen LogP contribution in [-0.4, -0.2) is 37.6 Å². The molecule has 0 atom stereocenters. The minimum atomic E-state index is -3.60. The Kier molecular flexibility index (Phi) is 5.70. The molecule has 0 aliphatic rings. The summed E-state index contributed by atoms with van der Waals surface area (Å²) in [7, 11) is -3.60. The second-order valence-electron chi connectivity index (χ2n) is 6.72. The van der Waals surface area contributed by atoms with E-state index in [-0.39, 0.29) is 16.2 Å². The number of hydrogen-bond acceptors (Lipinski definition) is 5. The van der Waals surface area contributed by atoms with Gasteiger partial charge in [-0.2, -0.15) is 0 Å². The third-order valence-electron chi connectivity index (χ3n) is 4.59. The van der Waals surface area contributed by atoms with Gasteiger partial charge in [0.15, 0.2) is 16.4 Å². The molecule has 0 aliphatic carbocycles. The van der Waals surface area contributed by atoms with E-state index in [9.17, 15) is 18.0 Å². The molecule has 0 unspecified atom stereocenters. The van der Waals surface area contributed by atoms with Gasteiger partial charge in [0.1, 0.15) is 0 Å². The molecule has 1 heterocycles. The second-order valence-corrected chi connectivity index (χ2v) is 8.71. The van der Waals surface area contributed by atoms with E-state index in [1.54, 1.807) is 12.1 Å². The highest BCUT2D eigenvalue weighted by Gasteiger charge is 2.22. The number of rotatable bonds is 6. The fourth-order valence-corrected chi connectivity index (χ4v) is 4.14. The molecule has 7 heteroatoms. The first kappa shape index (κ1) is 20.5. The highest BCUT2D eigenvalue weighted by molar-refractivity contribution is 7.90. The van der Waals surface area contributed by atoms with Crippen LogP contribution in [0.1, 0.15) is 32.1 Å². The van der Waals surface area contributed by atoms with Crippen molar-refractivity contribution in [2.45, 2.75) is 18.7 Å². The van der Waals surface area contributed by atoms with Crippen LogP contribution in [0.2, 0.25) is 0 Å². The van der Waals surface area contributed by atoms with Crippen LogP contribution in [0, 0.1) is 13.8 Å². The number of para-hydroxylation sites is 1. The van der Waals surface area contributed by atoms with Crippen molar-refractivity contribution in [3.8, 4) is 5.69 Å². The first-order valence-corrected chi connectivity index (χ1v) is 10.8. The average Bonchev–Trinajstić information content (AvgIpc) is 3.00. The van der Waals surface area contributed by atoms with Gasteiger partial charge in [-0.25, -0.2) is 13.2 Å². The summed E-state index contributed by atoms with van der Waals surface area (Å²) in [6.07, 6.45) is 1.02. The second kappa shape index (κ2) is 8.05. The Morgan fingerprint density at radius 1 is 0.931 bits per heavy atom. The van der Waals surface area contributed by atoms with Gasteiger partial charge in [-0.05, 0) is 44.2 Å². The van der Waals surface area contributed by atoms with Crippen LogP contribution >= 0.6 is 0 Å². The number of carbonyl (C=O) groups is 2. The summed E-state index contributed by atoms with van der Waals surface area (Å²) in [6.45, 7) is 3.25. The van der Waals surface area contributed by atoms with Gasteiger partial charge < -0.3 is 9.30 Å². The number of aryl methyl sites for hydroxylation is 1. The monoisotopic (exact) mass is 411 g/mol. The molecule has 0 bridgehead atoms. The molecular weight excluding hydrogens is 390 g/mol. The van der Waals surface area contributed by atoms with Crippen LogP contribution < -0.4 is 0 Å². The summed E-state index contributed by atoms with van der Waals surface area (Å²) in [5, 5.41) is 0. The Hall–Kier alpha value is -3.19. The standard InChI is InChI=1S/C22H21NO5S/c1-15-13-19(16(2)23(15)17-9-5-4-6-10-17)20(24)14-28-22(25)18-11-7-8-12-21(18)29(3,26)27/h4-13H,14H2,1-3H3. The van der Waals surface area contributed by atoms with Crippen LogP contribution in [0.3, 0.4) is 0 Å². The Morgan fingerprint density at radius 3 is 2.21 bits per heavy atom. The first-order valence-electron chi connectivity index (χ1n) is 8.94. The van der Waals surface area contributed by atoms with Crippen molar-refractivity contribution in [1.82, 2.24) is 4.57 Å². The van der Waals surface area contributed by atoms with Gasteiger partial charge >= 0.3 is 5.97 Å². The number of hydrogen-bond donors (Lipinski definition) is 0. The van der Waals surface area contributed by atoms with Crippen LogP contribution in [-0.2, 0) is 14.6 Å². The number of sulfone groups is 1. The van der Waals surface area contributed by atoms with Crippen molar-refractivity contribution in [3.63, 3.8) is 0 Å². The summed E-state index contributed by atoms with van der Waals surface area (Å²) in [5.74, 6) is -1.21. The number of nitrogens with zero attached hydrogens (tertiary/aromatic N) is 1. The van der Waals surface area contributed by atoms with E-state index in [0.717, 1.165) is 23.3 Å². The van der Waals surface area contributed by atoms with Gasteiger partial charge in [-0.15, -0.1) is 0 Å². The molecule has 0 amide bonds. The van der Waals surface area contributed by atoms with Crippen LogP contribution in [0.4, 0.5) is 0 Å². The lowest BCUT2D eigenvalue weighted by atomic mass is 10.1. The minimum absolute atomic E-state index is 0.0856. The van der Waals surface area contributed by atoms with Gasteiger partial charge in [0.25, 0.3) is 0 Å². The number of benzene rings is 2. The summed E-state index contributed by atoms with van der Waals surface area (Å²) in [4.78, 5) is 24.9. The Bertz CT molecular complexity index is 1180. The van der Waals surface area contributed by atoms with E-state index >= 15 is 0 Å². The predicted molar refractivity (Wildman–Crippen MR) is 109 cm³/mol. The Labute approximate surface area is 169 Å². The van der Waals surface area contributed by atoms with E-state index < -0.39 is 22.4 Å². The van der Waals surface area contributed by atoms with E-state index in [1.807, 2.05) is 48.7 Å². The maximum absolute atomic E-state index is 12.7. The molecule has 0 spiro atoms. The summed E-state index contributed by atoms with van der Waals surface area (Å²) in [5.41, 5.74) is 2.92. The first-order chi connectivity index (χ1) is 13.7. The van der Waals surface area contributed by atoms with Crippen molar-refractivity contribution >= 4 is 21.6 Å². The maximum Gasteiger partial charge on any atom is 0.339 e. The molecule has 0 radical (unpaired) electrons. The van der Waals surface area contributed by atoms with Gasteiger partial charge in [0.05, 0.1) is 10.5 Å². The van der Waals surface area contributed by atoms with E-state index in [2.05, 4.69) is 0 Å². The van der Waals surface area contributed by atoms with E-state index in [1.165, 1.54) is 18.2 Å². The van der Waals surface area contributed by atoms with E-state index in [4.69, 9.17) is 4.74 Å². The fraction of sp³-hybridized carbons (Fsp3) is 0.182. The molecule has 0 N–H and O–H groups in total. The zero-order valence-electron chi connectivity index (χ0n) is 16.4. The highest BCUT2D eigenvalue weighted by Crippen LogP contribution is 2.22. The quantitative estimate of drug-likeness (QED) is 0.458. The van der Waals surface area contributed by atoms with Crippen LogP contribution in [0.15, 0.2) is 65.6 Å². The topological polar surface area (TPSA) is 82.4 Å². The molecule has 0 saturated heterocycles. The summed E-state index contributed by atoms with van der Waals surface area (Å²) in [6, 6.07) is 17.1. The maximum atomic E-state index is 12.7. The minimum Gasteiger partial charge on any atom is -0.454 e. The lowest BCUT2D eigenvalue weighted by molar-refractivity contribution is 0.0471. The molecule has 3 aromatic rings.